The van der Waals surface area contributed by atoms with Gasteiger partial charge in [-0.05, 0) is 13.0 Å². The van der Waals surface area contributed by atoms with Crippen molar-refractivity contribution in [1.82, 2.24) is 24.6 Å². The largest absolute Gasteiger partial charge is 0.479 e. The number of nitrogen functional groups attached to an aromatic ring is 1. The molecule has 0 aliphatic heterocycles. The molecular weight excluding hydrogens is 392 g/mol. The average molecular weight is 407 g/mol. The molecule has 4 rings (SSSR count). The summed E-state index contributed by atoms with van der Waals surface area (Å²) in [5, 5.41) is 27.2. The minimum atomic E-state index is -0.520. The molecule has 29 heavy (non-hydrogen) atoms. The van der Waals surface area contributed by atoms with Crippen LogP contribution >= 0.6 is 11.6 Å². The summed E-state index contributed by atoms with van der Waals surface area (Å²) in [5.74, 6) is 0.0249. The van der Waals surface area contributed by atoms with Gasteiger partial charge in [0.2, 0.25) is 0 Å². The highest BCUT2D eigenvalue weighted by molar-refractivity contribution is 6.29. The van der Waals surface area contributed by atoms with E-state index in [-0.39, 0.29) is 23.2 Å². The summed E-state index contributed by atoms with van der Waals surface area (Å²) in [7, 11) is 0. The normalized spacial score (nSPS) is 11.9. The summed E-state index contributed by atoms with van der Waals surface area (Å²) >= 11 is 6.20. The van der Waals surface area contributed by atoms with Crippen molar-refractivity contribution in [2.75, 3.05) is 11.1 Å². The lowest BCUT2D eigenvalue weighted by Gasteiger charge is -2.19. The van der Waals surface area contributed by atoms with Crippen LogP contribution < -0.4 is 11.1 Å². The van der Waals surface area contributed by atoms with Gasteiger partial charge >= 0.3 is 6.01 Å². The molecule has 0 bridgehead atoms. The van der Waals surface area contributed by atoms with Crippen LogP contribution in [-0.4, -0.2) is 29.7 Å². The van der Waals surface area contributed by atoms with Crippen molar-refractivity contribution in [1.29, 1.82) is 5.26 Å². The van der Waals surface area contributed by atoms with Gasteiger partial charge in [0.05, 0.1) is 17.9 Å². The Hall–Kier alpha value is -3.90. The zero-order chi connectivity index (χ0) is 20.5. The molecule has 4 N–H and O–H groups in total. The molecule has 9 nitrogen and oxygen atoms in total. The highest BCUT2D eigenvalue weighted by Gasteiger charge is 2.20. The number of nitrogens with one attached hydrogen (secondary N) is 1. The number of halogens is 1. The van der Waals surface area contributed by atoms with E-state index in [2.05, 4.69) is 25.4 Å². The minimum Gasteiger partial charge on any atom is -0.479 e. The summed E-state index contributed by atoms with van der Waals surface area (Å²) in [6.45, 7) is 1.88. The first-order valence-corrected chi connectivity index (χ1v) is 8.98. The molecule has 0 saturated carbocycles. The van der Waals surface area contributed by atoms with Gasteiger partial charge in [0, 0.05) is 11.1 Å². The van der Waals surface area contributed by atoms with Gasteiger partial charge < -0.3 is 16.2 Å². The fourth-order valence-corrected chi connectivity index (χ4v) is 3.19. The van der Waals surface area contributed by atoms with E-state index in [4.69, 9.17) is 17.3 Å². The number of fused-ring (bicyclic) bond motifs is 1. The number of aromatic hydroxyl groups is 1. The number of nitrogens with zero attached hydrogens (tertiary/aromatic N) is 6. The molecule has 0 spiro atoms. The molecule has 10 heteroatoms. The van der Waals surface area contributed by atoms with Gasteiger partial charge in [-0.15, -0.1) is 0 Å². The number of hydrogen-bond acceptors (Lipinski definition) is 8. The second-order valence-electron chi connectivity index (χ2n) is 6.28. The van der Waals surface area contributed by atoms with Crippen LogP contribution in [0.4, 0.5) is 11.6 Å². The molecule has 3 aromatic heterocycles. The fourth-order valence-electron chi connectivity index (χ4n) is 3.01. The standard InChI is InChI=1S/C19H15ClN8O/c1-10(24-18-13(8-21)17(22)25-19(29)26-18)12-7-15-23-9-14(20)28(15)27-16(12)11-5-3-2-4-6-11/h2-7,9-10H,1H3,(H4,22,24,25,26,29)/t10-/m0/s1. The third-order valence-corrected chi connectivity index (χ3v) is 4.64. The van der Waals surface area contributed by atoms with E-state index in [9.17, 15) is 10.4 Å². The minimum absolute atomic E-state index is 0.0498. The highest BCUT2D eigenvalue weighted by Crippen LogP contribution is 2.31. The van der Waals surface area contributed by atoms with E-state index < -0.39 is 6.01 Å². The number of nitriles is 1. The molecule has 0 saturated heterocycles. The summed E-state index contributed by atoms with van der Waals surface area (Å²) in [4.78, 5) is 11.8. The summed E-state index contributed by atoms with van der Waals surface area (Å²) in [6, 6.07) is 12.5. The molecule has 0 unspecified atom stereocenters. The Bertz CT molecular complexity index is 1250. The molecular formula is C19H15ClN8O. The van der Waals surface area contributed by atoms with Crippen molar-refractivity contribution in [3.05, 3.63) is 58.9 Å². The maximum atomic E-state index is 9.68. The first kappa shape index (κ1) is 18.5. The Morgan fingerprint density at radius 2 is 2.03 bits per heavy atom. The van der Waals surface area contributed by atoms with Crippen LogP contribution in [0.2, 0.25) is 5.15 Å². The Morgan fingerprint density at radius 3 is 2.76 bits per heavy atom. The lowest BCUT2D eigenvalue weighted by atomic mass is 10.0. The van der Waals surface area contributed by atoms with Crippen molar-refractivity contribution >= 4 is 28.9 Å². The zero-order valence-electron chi connectivity index (χ0n) is 15.2. The average Bonchev–Trinajstić information content (AvgIpc) is 3.07. The summed E-state index contributed by atoms with van der Waals surface area (Å²) in [5.41, 5.74) is 8.72. The quantitative estimate of drug-likeness (QED) is 0.469. The van der Waals surface area contributed by atoms with Crippen molar-refractivity contribution in [3.8, 4) is 23.3 Å². The molecule has 0 radical (unpaired) electrons. The van der Waals surface area contributed by atoms with Gasteiger partial charge in [-0.2, -0.15) is 20.3 Å². The smallest absolute Gasteiger partial charge is 0.317 e. The zero-order valence-corrected chi connectivity index (χ0v) is 16.0. The second-order valence-corrected chi connectivity index (χ2v) is 6.66. The highest BCUT2D eigenvalue weighted by atomic mass is 35.5. The Labute approximate surface area is 170 Å². The molecule has 1 atom stereocenters. The topological polar surface area (TPSA) is 138 Å². The number of aromatic nitrogens is 5. The number of anilines is 2. The van der Waals surface area contributed by atoms with Crippen LogP contribution in [0.15, 0.2) is 42.6 Å². The number of nitrogens with two attached hydrogens (primary N) is 1. The Morgan fingerprint density at radius 1 is 1.28 bits per heavy atom. The molecule has 1 aromatic carbocycles. The van der Waals surface area contributed by atoms with E-state index in [1.54, 1.807) is 4.52 Å². The monoisotopic (exact) mass is 406 g/mol. The van der Waals surface area contributed by atoms with E-state index in [1.165, 1.54) is 6.20 Å². The maximum Gasteiger partial charge on any atom is 0.317 e. The van der Waals surface area contributed by atoms with Gasteiger partial charge in [0.15, 0.2) is 22.4 Å². The Balaban J connectivity index is 1.84. The van der Waals surface area contributed by atoms with Crippen molar-refractivity contribution in [2.45, 2.75) is 13.0 Å². The van der Waals surface area contributed by atoms with Crippen molar-refractivity contribution < 1.29 is 5.11 Å². The van der Waals surface area contributed by atoms with E-state index in [0.29, 0.717) is 16.5 Å². The summed E-state index contributed by atoms with van der Waals surface area (Å²) < 4.78 is 1.55. The van der Waals surface area contributed by atoms with Crippen LogP contribution in [-0.2, 0) is 0 Å². The molecule has 4 aromatic rings. The first-order valence-electron chi connectivity index (χ1n) is 8.60. The molecule has 0 aliphatic rings. The van der Waals surface area contributed by atoms with Crippen LogP contribution in [0.5, 0.6) is 6.01 Å². The third kappa shape index (κ3) is 3.37. The number of rotatable bonds is 4. The molecule has 144 valence electrons. The number of imidazole rings is 1. The van der Waals surface area contributed by atoms with E-state index in [0.717, 1.165) is 11.1 Å². The Kier molecular flexibility index (Phi) is 4.62. The predicted molar refractivity (Wildman–Crippen MR) is 108 cm³/mol. The van der Waals surface area contributed by atoms with Crippen LogP contribution in [0.25, 0.3) is 16.9 Å². The first-order chi connectivity index (χ1) is 14.0. The third-order valence-electron chi connectivity index (χ3n) is 4.38. The second kappa shape index (κ2) is 7.26. The molecule has 0 fully saturated rings. The van der Waals surface area contributed by atoms with E-state index >= 15 is 0 Å². The van der Waals surface area contributed by atoms with Gasteiger partial charge in [-0.1, -0.05) is 41.9 Å². The van der Waals surface area contributed by atoms with Gasteiger partial charge in [-0.25, -0.2) is 9.50 Å². The van der Waals surface area contributed by atoms with Crippen molar-refractivity contribution in [3.63, 3.8) is 0 Å². The molecule has 0 aliphatic carbocycles. The van der Waals surface area contributed by atoms with E-state index in [1.807, 2.05) is 49.4 Å². The fraction of sp³-hybridized carbons (Fsp3) is 0.105. The lowest BCUT2D eigenvalue weighted by Crippen LogP contribution is -2.14. The number of hydrogen-bond donors (Lipinski definition) is 3. The van der Waals surface area contributed by atoms with Crippen molar-refractivity contribution in [2.24, 2.45) is 0 Å². The van der Waals surface area contributed by atoms with Crippen LogP contribution in [0, 0.1) is 11.3 Å². The summed E-state index contributed by atoms with van der Waals surface area (Å²) in [6.07, 6.45) is 1.53. The van der Waals surface area contributed by atoms with Gasteiger partial charge in [-0.3, -0.25) is 0 Å². The lowest BCUT2D eigenvalue weighted by molar-refractivity contribution is 0.432. The maximum absolute atomic E-state index is 9.68. The molecule has 0 amide bonds. The van der Waals surface area contributed by atoms with Gasteiger partial charge in [0.25, 0.3) is 0 Å². The van der Waals surface area contributed by atoms with Gasteiger partial charge in [0.1, 0.15) is 11.6 Å². The van der Waals surface area contributed by atoms with Crippen LogP contribution in [0.3, 0.4) is 0 Å². The predicted octanol–water partition coefficient (Wildman–Crippen LogP) is 3.17. The van der Waals surface area contributed by atoms with Crippen LogP contribution in [0.1, 0.15) is 24.1 Å². The SMILES string of the molecule is C[C@H](Nc1nc(O)nc(N)c1C#N)c1cc2ncc(Cl)n2nc1-c1ccccc1. The number of benzene rings is 1. The molecule has 3 heterocycles.